The molecule has 5 rings (SSSR count). The average molecular weight is 549 g/mol. The molecule has 3 aromatic rings. The van der Waals surface area contributed by atoms with Crippen LogP contribution in [0.3, 0.4) is 0 Å². The number of nitrogens with zero attached hydrogens (tertiary/aromatic N) is 3. The first-order chi connectivity index (χ1) is 18.9. The standard InChI is InChI=1S/C29H29ClN4O5/c1-38-22-10-8-21(9-11-22)27(36)34-25(26(35)32-18-20-5-4-14-31-17-20)19-39-29(34)12-15-33(16-13-29)28(37)23-6-2-3-7-24(23)30/h2-11,14,17,25H,12-13,15-16,18-19H2,1H3,(H,32,35). The minimum atomic E-state index is -1.02. The van der Waals surface area contributed by atoms with Crippen LogP contribution in [0.25, 0.3) is 0 Å². The van der Waals surface area contributed by atoms with Gasteiger partial charge in [-0.1, -0.05) is 29.8 Å². The Morgan fingerprint density at radius 1 is 1.05 bits per heavy atom. The van der Waals surface area contributed by atoms with Crippen LogP contribution < -0.4 is 10.1 Å². The summed E-state index contributed by atoms with van der Waals surface area (Å²) in [7, 11) is 1.56. The Morgan fingerprint density at radius 3 is 2.46 bits per heavy atom. The zero-order valence-corrected chi connectivity index (χ0v) is 22.3. The number of nitrogens with one attached hydrogen (secondary N) is 1. The second-order valence-corrected chi connectivity index (χ2v) is 9.93. The molecule has 39 heavy (non-hydrogen) atoms. The lowest BCUT2D eigenvalue weighted by atomic mass is 9.96. The van der Waals surface area contributed by atoms with E-state index in [9.17, 15) is 14.4 Å². The van der Waals surface area contributed by atoms with Crippen LogP contribution in [0.4, 0.5) is 0 Å². The van der Waals surface area contributed by atoms with Gasteiger partial charge in [0, 0.05) is 50.4 Å². The van der Waals surface area contributed by atoms with E-state index in [0.717, 1.165) is 5.56 Å². The minimum absolute atomic E-state index is 0.0548. The first-order valence-corrected chi connectivity index (χ1v) is 13.1. The maximum Gasteiger partial charge on any atom is 0.256 e. The summed E-state index contributed by atoms with van der Waals surface area (Å²) in [6.07, 6.45) is 4.06. The predicted octanol–water partition coefficient (Wildman–Crippen LogP) is 3.53. The SMILES string of the molecule is COc1ccc(C(=O)N2C(C(=O)NCc3cccnc3)COC23CCN(C(=O)c2ccccc2Cl)CC3)cc1. The van der Waals surface area contributed by atoms with Gasteiger partial charge in [-0.15, -0.1) is 0 Å². The maximum absolute atomic E-state index is 13.9. The largest absolute Gasteiger partial charge is 0.497 e. The number of ether oxygens (including phenoxy) is 2. The molecular weight excluding hydrogens is 520 g/mol. The number of carbonyl (C=O) groups excluding carboxylic acids is 3. The van der Waals surface area contributed by atoms with Crippen molar-refractivity contribution in [3.63, 3.8) is 0 Å². The van der Waals surface area contributed by atoms with Gasteiger partial charge in [-0.3, -0.25) is 24.3 Å². The van der Waals surface area contributed by atoms with Crippen LogP contribution in [0.2, 0.25) is 5.02 Å². The van der Waals surface area contributed by atoms with Gasteiger partial charge in [0.1, 0.15) is 17.5 Å². The fourth-order valence-electron chi connectivity index (χ4n) is 5.11. The van der Waals surface area contributed by atoms with Gasteiger partial charge >= 0.3 is 0 Å². The van der Waals surface area contributed by atoms with E-state index >= 15 is 0 Å². The molecule has 10 heteroatoms. The van der Waals surface area contributed by atoms with Crippen molar-refractivity contribution in [1.29, 1.82) is 0 Å². The molecule has 0 radical (unpaired) electrons. The molecule has 1 aromatic heterocycles. The van der Waals surface area contributed by atoms with Crippen molar-refractivity contribution >= 4 is 29.3 Å². The minimum Gasteiger partial charge on any atom is -0.497 e. The van der Waals surface area contributed by atoms with Crippen molar-refractivity contribution in [3.05, 3.63) is 94.8 Å². The second kappa shape index (κ2) is 11.4. The lowest BCUT2D eigenvalue weighted by Crippen LogP contribution is -2.59. The van der Waals surface area contributed by atoms with Gasteiger partial charge in [0.15, 0.2) is 0 Å². The Kier molecular flexibility index (Phi) is 7.81. The van der Waals surface area contributed by atoms with Crippen LogP contribution in [0.15, 0.2) is 73.1 Å². The molecule has 1 unspecified atom stereocenters. The number of piperidine rings is 1. The predicted molar refractivity (Wildman–Crippen MR) is 144 cm³/mol. The number of carbonyl (C=O) groups is 3. The van der Waals surface area contributed by atoms with Gasteiger partial charge in [-0.25, -0.2) is 0 Å². The number of halogens is 1. The first-order valence-electron chi connectivity index (χ1n) is 12.7. The molecule has 3 heterocycles. The Labute approximate surface area is 231 Å². The average Bonchev–Trinajstić information content (AvgIpc) is 3.34. The Morgan fingerprint density at radius 2 is 1.79 bits per heavy atom. The molecule has 1 N–H and O–H groups in total. The molecule has 202 valence electrons. The van der Waals surface area contributed by atoms with E-state index in [1.165, 1.54) is 0 Å². The van der Waals surface area contributed by atoms with Crippen LogP contribution in [-0.2, 0) is 16.1 Å². The molecular formula is C29H29ClN4O5. The van der Waals surface area contributed by atoms with Crippen LogP contribution in [0.1, 0.15) is 39.1 Å². The monoisotopic (exact) mass is 548 g/mol. The highest BCUT2D eigenvalue weighted by atomic mass is 35.5. The third kappa shape index (κ3) is 5.46. The normalized spacial score (nSPS) is 18.2. The van der Waals surface area contributed by atoms with Crippen molar-refractivity contribution in [1.82, 2.24) is 20.1 Å². The number of likely N-dealkylation sites (tertiary alicyclic amines) is 1. The Balaban J connectivity index is 1.37. The number of rotatable bonds is 6. The number of amides is 3. The molecule has 0 saturated carbocycles. The number of pyridine rings is 1. The Bertz CT molecular complexity index is 1340. The van der Waals surface area contributed by atoms with E-state index < -0.39 is 11.8 Å². The van der Waals surface area contributed by atoms with Crippen LogP contribution in [0, 0.1) is 0 Å². The van der Waals surface area contributed by atoms with Crippen molar-refractivity contribution in [2.45, 2.75) is 31.2 Å². The third-order valence-electron chi connectivity index (χ3n) is 7.24. The molecule has 3 amide bonds. The molecule has 2 aromatic carbocycles. The maximum atomic E-state index is 13.9. The van der Waals surface area contributed by atoms with Gasteiger partial charge in [-0.05, 0) is 48.0 Å². The second-order valence-electron chi connectivity index (χ2n) is 9.53. The topological polar surface area (TPSA) is 101 Å². The van der Waals surface area contributed by atoms with Crippen LogP contribution >= 0.6 is 11.6 Å². The van der Waals surface area contributed by atoms with Gasteiger partial charge in [0.2, 0.25) is 5.91 Å². The molecule has 2 aliphatic rings. The van der Waals surface area contributed by atoms with Crippen LogP contribution in [-0.4, -0.2) is 71.1 Å². The van der Waals surface area contributed by atoms with E-state index in [0.29, 0.717) is 47.8 Å². The van der Waals surface area contributed by atoms with E-state index in [1.54, 1.807) is 83.9 Å². The fourth-order valence-corrected chi connectivity index (χ4v) is 5.33. The lowest BCUT2D eigenvalue weighted by molar-refractivity contribution is -0.128. The molecule has 2 aliphatic heterocycles. The summed E-state index contributed by atoms with van der Waals surface area (Å²) in [5.74, 6) is -0.182. The molecule has 1 atom stereocenters. The molecule has 2 fully saturated rings. The summed E-state index contributed by atoms with van der Waals surface area (Å²) in [5, 5.41) is 3.31. The number of benzene rings is 2. The van der Waals surface area contributed by atoms with E-state index in [1.807, 2.05) is 6.07 Å². The summed E-state index contributed by atoms with van der Waals surface area (Å²) in [5.41, 5.74) is 0.672. The zero-order valence-electron chi connectivity index (χ0n) is 21.5. The highest BCUT2D eigenvalue weighted by Gasteiger charge is 2.54. The smallest absolute Gasteiger partial charge is 0.256 e. The van der Waals surface area contributed by atoms with Gasteiger partial charge in [0.05, 0.1) is 24.3 Å². The van der Waals surface area contributed by atoms with Crippen molar-refractivity contribution in [3.8, 4) is 5.75 Å². The summed E-state index contributed by atoms with van der Waals surface area (Å²) in [6.45, 7) is 1.03. The number of methoxy groups -OCH3 is 1. The number of aromatic nitrogens is 1. The summed E-state index contributed by atoms with van der Waals surface area (Å²) < 4.78 is 11.5. The van der Waals surface area contributed by atoms with Gasteiger partial charge in [-0.2, -0.15) is 0 Å². The third-order valence-corrected chi connectivity index (χ3v) is 7.57. The van der Waals surface area contributed by atoms with Gasteiger partial charge < -0.3 is 19.7 Å². The van der Waals surface area contributed by atoms with Crippen molar-refractivity contribution in [2.24, 2.45) is 0 Å². The van der Waals surface area contributed by atoms with Crippen molar-refractivity contribution < 1.29 is 23.9 Å². The molecule has 1 spiro atoms. The highest BCUT2D eigenvalue weighted by Crippen LogP contribution is 2.39. The summed E-state index contributed by atoms with van der Waals surface area (Å²) in [4.78, 5) is 47.8. The highest BCUT2D eigenvalue weighted by molar-refractivity contribution is 6.33. The molecule has 0 aliphatic carbocycles. The van der Waals surface area contributed by atoms with Gasteiger partial charge in [0.25, 0.3) is 11.8 Å². The fraction of sp³-hybridized carbons (Fsp3) is 0.310. The number of hydrogen-bond acceptors (Lipinski definition) is 6. The van der Waals surface area contributed by atoms with E-state index in [2.05, 4.69) is 10.3 Å². The van der Waals surface area contributed by atoms with E-state index in [-0.39, 0.29) is 30.9 Å². The Hall–Kier alpha value is -3.95. The first kappa shape index (κ1) is 26.6. The zero-order chi connectivity index (χ0) is 27.4. The summed E-state index contributed by atoms with van der Waals surface area (Å²) >= 11 is 6.26. The van der Waals surface area contributed by atoms with Crippen molar-refractivity contribution in [2.75, 3.05) is 26.8 Å². The summed E-state index contributed by atoms with van der Waals surface area (Å²) in [6, 6.07) is 16.5. The number of hydrogen-bond donors (Lipinski definition) is 1. The molecule has 0 bridgehead atoms. The molecule has 2 saturated heterocycles. The van der Waals surface area contributed by atoms with E-state index in [4.69, 9.17) is 21.1 Å². The van der Waals surface area contributed by atoms with Crippen LogP contribution in [0.5, 0.6) is 5.75 Å². The lowest BCUT2D eigenvalue weighted by Gasteiger charge is -2.44. The molecule has 9 nitrogen and oxygen atoms in total. The quantitative estimate of drug-likeness (QED) is 0.506.